The lowest BCUT2D eigenvalue weighted by Crippen LogP contribution is -2.37. The van der Waals surface area contributed by atoms with Crippen molar-refractivity contribution < 1.29 is 14.3 Å². The zero-order chi connectivity index (χ0) is 13.3. The number of primary amides is 1. The van der Waals surface area contributed by atoms with Gasteiger partial charge in [-0.1, -0.05) is 11.6 Å². The summed E-state index contributed by atoms with van der Waals surface area (Å²) in [6.45, 7) is 4.01. The summed E-state index contributed by atoms with van der Waals surface area (Å²) in [5.41, 5.74) is 6.07. The van der Waals surface area contributed by atoms with Crippen molar-refractivity contribution in [2.24, 2.45) is 5.73 Å². The number of nitrogens with one attached hydrogen (secondary N) is 1. The fraction of sp³-hybridized carbons (Fsp3) is 0.417. The summed E-state index contributed by atoms with van der Waals surface area (Å²) < 4.78 is 10.5. The maximum atomic E-state index is 11.5. The number of benzene rings is 1. The highest BCUT2D eigenvalue weighted by Crippen LogP contribution is 2.41. The van der Waals surface area contributed by atoms with Crippen molar-refractivity contribution in [3.05, 3.63) is 22.7 Å². The Hall–Kier alpha value is -1.46. The van der Waals surface area contributed by atoms with Gasteiger partial charge in [-0.3, -0.25) is 10.1 Å². The lowest BCUT2D eigenvalue weighted by Gasteiger charge is -2.19. The van der Waals surface area contributed by atoms with Crippen molar-refractivity contribution in [1.29, 1.82) is 0 Å². The summed E-state index contributed by atoms with van der Waals surface area (Å²) in [4.78, 5) is 11.5. The third-order valence-corrected chi connectivity index (χ3v) is 2.85. The van der Waals surface area contributed by atoms with E-state index < -0.39 is 11.9 Å². The number of halogens is 1. The molecule has 1 amide bonds. The molecule has 1 aromatic carbocycles. The minimum atomic E-state index is -0.600. The number of carbonyl (C=O) groups excluding carboxylic acids is 1. The highest BCUT2D eigenvalue weighted by Gasteiger charge is 2.24. The Morgan fingerprint density at radius 1 is 1.44 bits per heavy atom. The van der Waals surface area contributed by atoms with Gasteiger partial charge in [-0.2, -0.15) is 0 Å². The van der Waals surface area contributed by atoms with Gasteiger partial charge in [-0.15, -0.1) is 0 Å². The first kappa shape index (κ1) is 13.0. The van der Waals surface area contributed by atoms with Crippen molar-refractivity contribution in [2.45, 2.75) is 25.9 Å². The lowest BCUT2D eigenvalue weighted by molar-refractivity contribution is -0.120. The van der Waals surface area contributed by atoms with Crippen molar-refractivity contribution in [3.63, 3.8) is 0 Å². The Balaban J connectivity index is 2.36. The minimum Gasteiger partial charge on any atom is -0.454 e. The van der Waals surface area contributed by atoms with Crippen LogP contribution in [0.1, 0.15) is 25.5 Å². The van der Waals surface area contributed by atoms with Crippen LogP contribution in [0.25, 0.3) is 0 Å². The van der Waals surface area contributed by atoms with Crippen molar-refractivity contribution in [2.75, 3.05) is 6.79 Å². The summed E-state index contributed by atoms with van der Waals surface area (Å²) in [5.74, 6) is 0.584. The number of fused-ring (bicyclic) bond motifs is 1. The first-order valence-corrected chi connectivity index (χ1v) is 6.01. The first-order valence-electron chi connectivity index (χ1n) is 5.63. The lowest BCUT2D eigenvalue weighted by atomic mass is 10.0. The number of carbonyl (C=O) groups is 1. The van der Waals surface area contributed by atoms with E-state index in [9.17, 15) is 4.79 Å². The van der Waals surface area contributed by atoms with Crippen molar-refractivity contribution in [3.8, 4) is 11.5 Å². The molecule has 1 atom stereocenters. The molecule has 0 bridgehead atoms. The number of nitrogens with two attached hydrogens (primary N) is 1. The Kier molecular flexibility index (Phi) is 3.63. The summed E-state index contributed by atoms with van der Waals surface area (Å²) in [7, 11) is 0. The van der Waals surface area contributed by atoms with Crippen LogP contribution in [0.2, 0.25) is 5.02 Å². The largest absolute Gasteiger partial charge is 0.454 e. The molecule has 0 aliphatic carbocycles. The van der Waals surface area contributed by atoms with Crippen LogP contribution in [0.5, 0.6) is 11.5 Å². The molecule has 0 spiro atoms. The molecule has 1 unspecified atom stereocenters. The van der Waals surface area contributed by atoms with Crippen LogP contribution in [0.4, 0.5) is 0 Å². The van der Waals surface area contributed by atoms with Gasteiger partial charge in [0.15, 0.2) is 11.5 Å². The molecule has 0 radical (unpaired) electrons. The third-order valence-electron chi connectivity index (χ3n) is 2.57. The van der Waals surface area contributed by atoms with E-state index in [1.54, 1.807) is 12.1 Å². The monoisotopic (exact) mass is 270 g/mol. The highest BCUT2D eigenvalue weighted by molar-refractivity contribution is 6.32. The molecule has 6 heteroatoms. The Morgan fingerprint density at radius 3 is 2.78 bits per heavy atom. The summed E-state index contributed by atoms with van der Waals surface area (Å²) in [6.07, 6.45) is 0. The number of hydrogen-bond donors (Lipinski definition) is 2. The molecule has 5 nitrogen and oxygen atoms in total. The number of amides is 1. The molecule has 0 saturated heterocycles. The topological polar surface area (TPSA) is 73.6 Å². The van der Waals surface area contributed by atoms with Crippen molar-refractivity contribution in [1.82, 2.24) is 5.32 Å². The van der Waals surface area contributed by atoms with Crippen LogP contribution < -0.4 is 20.5 Å². The summed E-state index contributed by atoms with van der Waals surface area (Å²) in [5, 5.41) is 3.50. The third kappa shape index (κ3) is 2.52. The van der Waals surface area contributed by atoms with E-state index in [0.29, 0.717) is 22.1 Å². The number of rotatable bonds is 4. The van der Waals surface area contributed by atoms with Gasteiger partial charge in [-0.25, -0.2) is 0 Å². The molecular weight excluding hydrogens is 256 g/mol. The smallest absolute Gasteiger partial charge is 0.239 e. The Bertz CT molecular complexity index is 477. The number of hydrogen-bond acceptors (Lipinski definition) is 4. The molecular formula is C12H15ClN2O3. The predicted molar refractivity (Wildman–Crippen MR) is 67.8 cm³/mol. The second-order valence-electron chi connectivity index (χ2n) is 4.39. The Morgan fingerprint density at radius 2 is 2.17 bits per heavy atom. The SMILES string of the molecule is CC(C)NC(C(N)=O)c1cc(Cl)c2c(c1)OCO2. The van der Waals surface area contributed by atoms with E-state index in [1.807, 2.05) is 13.8 Å². The van der Waals surface area contributed by atoms with Crippen LogP contribution in [0.3, 0.4) is 0 Å². The molecule has 98 valence electrons. The normalized spacial score (nSPS) is 14.9. The zero-order valence-corrected chi connectivity index (χ0v) is 11.0. The highest BCUT2D eigenvalue weighted by atomic mass is 35.5. The van der Waals surface area contributed by atoms with E-state index in [2.05, 4.69) is 5.32 Å². The molecule has 1 aromatic rings. The summed E-state index contributed by atoms with van der Waals surface area (Å²) in [6, 6.07) is 2.91. The molecule has 1 aliphatic heterocycles. The predicted octanol–water partition coefficient (Wildman–Crippen LogP) is 1.59. The number of ether oxygens (including phenoxy) is 2. The maximum absolute atomic E-state index is 11.5. The molecule has 0 saturated carbocycles. The van der Waals surface area contributed by atoms with Crippen LogP contribution >= 0.6 is 11.6 Å². The van der Waals surface area contributed by atoms with Gasteiger partial charge in [0, 0.05) is 6.04 Å². The van der Waals surface area contributed by atoms with E-state index in [1.165, 1.54) is 0 Å². The van der Waals surface area contributed by atoms with Crippen LogP contribution in [-0.2, 0) is 4.79 Å². The van der Waals surface area contributed by atoms with E-state index >= 15 is 0 Å². The molecule has 2 rings (SSSR count). The van der Waals surface area contributed by atoms with Gasteiger partial charge in [0.1, 0.15) is 6.04 Å². The first-order chi connectivity index (χ1) is 8.49. The molecule has 1 heterocycles. The molecule has 3 N–H and O–H groups in total. The fourth-order valence-electron chi connectivity index (χ4n) is 1.83. The molecule has 1 aliphatic rings. The standard InChI is InChI=1S/C12H15ClN2O3/c1-6(2)15-10(12(14)16)7-3-8(13)11-9(4-7)17-5-18-11/h3-4,6,10,15H,5H2,1-2H3,(H2,14,16). The van der Waals surface area contributed by atoms with Crippen molar-refractivity contribution >= 4 is 17.5 Å². The molecule has 0 aromatic heterocycles. The molecule has 0 fully saturated rings. The second-order valence-corrected chi connectivity index (χ2v) is 4.80. The van der Waals surface area contributed by atoms with E-state index in [-0.39, 0.29) is 12.8 Å². The van der Waals surface area contributed by atoms with E-state index in [0.717, 1.165) is 0 Å². The van der Waals surface area contributed by atoms with E-state index in [4.69, 9.17) is 26.8 Å². The average molecular weight is 271 g/mol. The minimum absolute atomic E-state index is 0.117. The zero-order valence-electron chi connectivity index (χ0n) is 10.2. The maximum Gasteiger partial charge on any atom is 0.239 e. The summed E-state index contributed by atoms with van der Waals surface area (Å²) >= 11 is 6.08. The quantitative estimate of drug-likeness (QED) is 0.871. The van der Waals surface area contributed by atoms with Crippen LogP contribution in [0.15, 0.2) is 12.1 Å². The molecule has 18 heavy (non-hydrogen) atoms. The van der Waals surface area contributed by atoms with Gasteiger partial charge >= 0.3 is 0 Å². The van der Waals surface area contributed by atoms with Crippen LogP contribution in [0, 0.1) is 0 Å². The average Bonchev–Trinajstić information content (AvgIpc) is 2.73. The Labute approximate surface area is 110 Å². The fourth-order valence-corrected chi connectivity index (χ4v) is 2.10. The second kappa shape index (κ2) is 5.04. The van der Waals surface area contributed by atoms with Gasteiger partial charge in [-0.05, 0) is 31.5 Å². The van der Waals surface area contributed by atoms with Gasteiger partial charge in [0.2, 0.25) is 12.7 Å². The van der Waals surface area contributed by atoms with Gasteiger partial charge in [0.05, 0.1) is 5.02 Å². The van der Waals surface area contributed by atoms with Gasteiger partial charge in [0.25, 0.3) is 0 Å². The van der Waals surface area contributed by atoms with Crippen LogP contribution in [-0.4, -0.2) is 18.7 Å². The van der Waals surface area contributed by atoms with Gasteiger partial charge < -0.3 is 15.2 Å².